The molecule has 0 amide bonds. The fourth-order valence-electron chi connectivity index (χ4n) is 3.20. The van der Waals surface area contributed by atoms with E-state index in [4.69, 9.17) is 4.98 Å². The maximum absolute atomic E-state index is 4.73. The molecule has 19 heavy (non-hydrogen) atoms. The first-order valence-corrected chi connectivity index (χ1v) is 7.76. The standard InChI is InChI=1S/C14H25N5/c1-2-5-12(6-3-1)14-16-13(17-18-14)11-19-9-4-7-15-8-10-19/h12,15H,1-11H2,(H,16,17,18). The number of nitrogens with zero attached hydrogens (tertiary/aromatic N) is 3. The van der Waals surface area contributed by atoms with Crippen LogP contribution in [0.4, 0.5) is 0 Å². The summed E-state index contributed by atoms with van der Waals surface area (Å²) >= 11 is 0. The fourth-order valence-corrected chi connectivity index (χ4v) is 3.20. The number of aromatic amines is 1. The van der Waals surface area contributed by atoms with Gasteiger partial charge in [-0.2, -0.15) is 5.10 Å². The second kappa shape index (κ2) is 6.48. The Hall–Kier alpha value is -0.940. The molecule has 1 aromatic heterocycles. The fraction of sp³-hybridized carbons (Fsp3) is 0.857. The Labute approximate surface area is 115 Å². The summed E-state index contributed by atoms with van der Waals surface area (Å²) in [6, 6.07) is 0. The van der Waals surface area contributed by atoms with E-state index in [0.717, 1.165) is 44.4 Å². The molecule has 106 valence electrons. The van der Waals surface area contributed by atoms with Gasteiger partial charge < -0.3 is 5.32 Å². The van der Waals surface area contributed by atoms with Crippen LogP contribution in [0.25, 0.3) is 0 Å². The Kier molecular flexibility index (Phi) is 4.45. The minimum Gasteiger partial charge on any atom is -0.315 e. The van der Waals surface area contributed by atoms with Gasteiger partial charge in [-0.15, -0.1) is 0 Å². The van der Waals surface area contributed by atoms with Gasteiger partial charge in [0.25, 0.3) is 0 Å². The van der Waals surface area contributed by atoms with Crippen LogP contribution in [0.2, 0.25) is 0 Å². The van der Waals surface area contributed by atoms with Crippen LogP contribution in [0, 0.1) is 0 Å². The highest BCUT2D eigenvalue weighted by Crippen LogP contribution is 2.30. The molecular formula is C14H25N5. The van der Waals surface area contributed by atoms with Gasteiger partial charge in [-0.25, -0.2) is 4.98 Å². The van der Waals surface area contributed by atoms with Crippen LogP contribution in [0.3, 0.4) is 0 Å². The number of H-pyrrole nitrogens is 1. The third kappa shape index (κ3) is 3.54. The lowest BCUT2D eigenvalue weighted by atomic mass is 9.89. The van der Waals surface area contributed by atoms with E-state index in [-0.39, 0.29) is 0 Å². The SMILES string of the molecule is C1CCC(c2n[nH]c(CN3CCCNCC3)n2)CC1. The molecule has 0 aromatic carbocycles. The smallest absolute Gasteiger partial charge is 0.153 e. The van der Waals surface area contributed by atoms with E-state index in [1.165, 1.54) is 38.5 Å². The highest BCUT2D eigenvalue weighted by molar-refractivity contribution is 4.99. The largest absolute Gasteiger partial charge is 0.315 e. The van der Waals surface area contributed by atoms with Crippen LogP contribution in [-0.4, -0.2) is 46.3 Å². The first-order chi connectivity index (χ1) is 9.42. The summed E-state index contributed by atoms with van der Waals surface area (Å²) in [4.78, 5) is 7.19. The van der Waals surface area contributed by atoms with Crippen molar-refractivity contribution in [3.05, 3.63) is 11.6 Å². The van der Waals surface area contributed by atoms with Gasteiger partial charge in [-0.05, 0) is 32.4 Å². The second-order valence-electron chi connectivity index (χ2n) is 5.85. The Morgan fingerprint density at radius 3 is 2.84 bits per heavy atom. The molecular weight excluding hydrogens is 238 g/mol. The number of aromatic nitrogens is 3. The van der Waals surface area contributed by atoms with Crippen molar-refractivity contribution in [1.29, 1.82) is 0 Å². The van der Waals surface area contributed by atoms with Crippen LogP contribution < -0.4 is 5.32 Å². The predicted molar refractivity (Wildman–Crippen MR) is 75.0 cm³/mol. The molecule has 5 nitrogen and oxygen atoms in total. The third-order valence-electron chi connectivity index (χ3n) is 4.33. The Morgan fingerprint density at radius 1 is 1.05 bits per heavy atom. The van der Waals surface area contributed by atoms with Crippen LogP contribution in [0.5, 0.6) is 0 Å². The molecule has 0 unspecified atom stereocenters. The van der Waals surface area contributed by atoms with E-state index in [1.807, 2.05) is 0 Å². The monoisotopic (exact) mass is 263 g/mol. The lowest BCUT2D eigenvalue weighted by Gasteiger charge is -2.18. The molecule has 0 spiro atoms. The quantitative estimate of drug-likeness (QED) is 0.870. The molecule has 1 aliphatic carbocycles. The van der Waals surface area contributed by atoms with E-state index in [9.17, 15) is 0 Å². The molecule has 2 heterocycles. The number of nitrogens with one attached hydrogen (secondary N) is 2. The maximum atomic E-state index is 4.73. The Bertz CT molecular complexity index is 375. The zero-order valence-electron chi connectivity index (χ0n) is 11.7. The summed E-state index contributed by atoms with van der Waals surface area (Å²) in [5.74, 6) is 2.70. The lowest BCUT2D eigenvalue weighted by Crippen LogP contribution is -2.28. The second-order valence-corrected chi connectivity index (χ2v) is 5.85. The molecule has 2 aliphatic rings. The molecule has 5 heteroatoms. The van der Waals surface area contributed by atoms with Crippen molar-refractivity contribution in [2.24, 2.45) is 0 Å². The molecule has 1 saturated heterocycles. The van der Waals surface area contributed by atoms with Crippen LogP contribution >= 0.6 is 0 Å². The summed E-state index contributed by atoms with van der Waals surface area (Å²) in [7, 11) is 0. The average Bonchev–Trinajstić information content (AvgIpc) is 2.76. The van der Waals surface area contributed by atoms with Gasteiger partial charge in [0.2, 0.25) is 0 Å². The number of hydrogen-bond acceptors (Lipinski definition) is 4. The Morgan fingerprint density at radius 2 is 1.95 bits per heavy atom. The summed E-state index contributed by atoms with van der Waals surface area (Å²) < 4.78 is 0. The molecule has 3 rings (SSSR count). The summed E-state index contributed by atoms with van der Waals surface area (Å²) in [6.07, 6.45) is 7.83. The van der Waals surface area contributed by atoms with E-state index in [2.05, 4.69) is 20.4 Å². The Balaban J connectivity index is 1.57. The van der Waals surface area contributed by atoms with Gasteiger partial charge in [0, 0.05) is 19.0 Å². The van der Waals surface area contributed by atoms with E-state index < -0.39 is 0 Å². The van der Waals surface area contributed by atoms with Crippen molar-refractivity contribution >= 4 is 0 Å². The molecule has 1 aromatic rings. The van der Waals surface area contributed by atoms with Gasteiger partial charge in [-0.3, -0.25) is 10.00 Å². The molecule has 2 fully saturated rings. The van der Waals surface area contributed by atoms with Gasteiger partial charge >= 0.3 is 0 Å². The van der Waals surface area contributed by atoms with E-state index >= 15 is 0 Å². The number of rotatable bonds is 3. The lowest BCUT2D eigenvalue weighted by molar-refractivity contribution is 0.277. The normalized spacial score (nSPS) is 23.4. The van der Waals surface area contributed by atoms with Crippen LogP contribution in [0.1, 0.15) is 56.1 Å². The zero-order chi connectivity index (χ0) is 12.9. The molecule has 0 bridgehead atoms. The van der Waals surface area contributed by atoms with Crippen molar-refractivity contribution < 1.29 is 0 Å². The van der Waals surface area contributed by atoms with Crippen LogP contribution in [0.15, 0.2) is 0 Å². The highest BCUT2D eigenvalue weighted by atomic mass is 15.3. The molecule has 1 saturated carbocycles. The first kappa shape index (κ1) is 13.1. The average molecular weight is 263 g/mol. The molecule has 2 N–H and O–H groups in total. The van der Waals surface area contributed by atoms with Gasteiger partial charge in [-0.1, -0.05) is 19.3 Å². The summed E-state index contributed by atoms with van der Waals surface area (Å²) in [5, 5.41) is 11.0. The first-order valence-electron chi connectivity index (χ1n) is 7.76. The third-order valence-corrected chi connectivity index (χ3v) is 4.33. The van der Waals surface area contributed by atoms with Gasteiger partial charge in [0.1, 0.15) is 5.82 Å². The van der Waals surface area contributed by atoms with Gasteiger partial charge in [0.05, 0.1) is 6.54 Å². The van der Waals surface area contributed by atoms with Crippen LogP contribution in [-0.2, 0) is 6.54 Å². The molecule has 0 radical (unpaired) electrons. The van der Waals surface area contributed by atoms with Crippen molar-refractivity contribution in [1.82, 2.24) is 25.4 Å². The summed E-state index contributed by atoms with van der Waals surface area (Å²) in [6.45, 7) is 5.41. The van der Waals surface area contributed by atoms with Crippen molar-refractivity contribution in [3.8, 4) is 0 Å². The minimum absolute atomic E-state index is 0.601. The van der Waals surface area contributed by atoms with Crippen molar-refractivity contribution in [3.63, 3.8) is 0 Å². The van der Waals surface area contributed by atoms with Gasteiger partial charge in [0.15, 0.2) is 5.82 Å². The maximum Gasteiger partial charge on any atom is 0.153 e. The minimum atomic E-state index is 0.601. The molecule has 1 aliphatic heterocycles. The van der Waals surface area contributed by atoms with Crippen molar-refractivity contribution in [2.45, 2.75) is 51.0 Å². The van der Waals surface area contributed by atoms with E-state index in [0.29, 0.717) is 5.92 Å². The van der Waals surface area contributed by atoms with E-state index in [1.54, 1.807) is 0 Å². The predicted octanol–water partition coefficient (Wildman–Crippen LogP) is 1.65. The number of hydrogen-bond donors (Lipinski definition) is 2. The topological polar surface area (TPSA) is 56.8 Å². The van der Waals surface area contributed by atoms with Crippen molar-refractivity contribution in [2.75, 3.05) is 26.2 Å². The zero-order valence-corrected chi connectivity index (χ0v) is 11.7. The molecule has 0 atom stereocenters. The highest BCUT2D eigenvalue weighted by Gasteiger charge is 2.20. The summed E-state index contributed by atoms with van der Waals surface area (Å²) in [5.41, 5.74) is 0.